The maximum Gasteiger partial charge on any atom is 0.317 e. The lowest BCUT2D eigenvalue weighted by molar-refractivity contribution is 0.199. The summed E-state index contributed by atoms with van der Waals surface area (Å²) < 4.78 is 14.5. The molecule has 4 N–H and O–H groups in total. The molecule has 5 rings (SSSR count). The lowest BCUT2D eigenvalue weighted by atomic mass is 9.91. The van der Waals surface area contributed by atoms with Crippen LogP contribution in [0.3, 0.4) is 0 Å². The van der Waals surface area contributed by atoms with E-state index in [0.29, 0.717) is 16.7 Å². The van der Waals surface area contributed by atoms with Crippen molar-refractivity contribution in [3.05, 3.63) is 40.7 Å². The van der Waals surface area contributed by atoms with Crippen LogP contribution in [0.25, 0.3) is 0 Å². The molecule has 11 heteroatoms. The number of likely N-dealkylation sites (tertiary alicyclic amines) is 1. The molecule has 9 nitrogen and oxygen atoms in total. The minimum absolute atomic E-state index is 0.00870. The maximum atomic E-state index is 14.5. The van der Waals surface area contributed by atoms with Crippen molar-refractivity contribution in [2.24, 2.45) is 0 Å². The van der Waals surface area contributed by atoms with Crippen LogP contribution in [-0.2, 0) is 0 Å². The first kappa shape index (κ1) is 21.1. The Kier molecular flexibility index (Phi) is 5.97. The molecule has 1 saturated carbocycles. The number of hydrogen-bond donors (Lipinski definition) is 4. The Morgan fingerprint density at radius 1 is 1.16 bits per heavy atom. The third-order valence-corrected chi connectivity index (χ3v) is 6.49. The number of amides is 2. The number of carbonyl (C=O) groups is 1. The molecule has 2 aliphatic heterocycles. The number of aromatic nitrogens is 3. The largest absolute Gasteiger partial charge is 0.365 e. The van der Waals surface area contributed by atoms with Crippen molar-refractivity contribution < 1.29 is 9.18 Å². The second-order valence-electron chi connectivity index (χ2n) is 8.57. The average molecular weight is 461 g/mol. The molecule has 2 amide bonds. The molecule has 0 aromatic carbocycles. The van der Waals surface area contributed by atoms with E-state index in [9.17, 15) is 9.18 Å². The fraction of sp³-hybridized carbons (Fsp3) is 0.524. The zero-order valence-corrected chi connectivity index (χ0v) is 18.3. The van der Waals surface area contributed by atoms with Crippen molar-refractivity contribution in [3.8, 4) is 0 Å². The Morgan fingerprint density at radius 2 is 1.97 bits per heavy atom. The molecule has 0 spiro atoms. The highest BCUT2D eigenvalue weighted by molar-refractivity contribution is 6.30. The highest BCUT2D eigenvalue weighted by atomic mass is 35.5. The zero-order valence-electron chi connectivity index (χ0n) is 17.6. The molecule has 0 bridgehead atoms. The van der Waals surface area contributed by atoms with Crippen LogP contribution in [0, 0.1) is 5.82 Å². The molecular formula is C21H26ClFN8O. The normalized spacial score (nSPS) is 24.7. The summed E-state index contributed by atoms with van der Waals surface area (Å²) in [6.07, 6.45) is 8.36. The van der Waals surface area contributed by atoms with Gasteiger partial charge in [-0.15, -0.1) is 0 Å². The Labute approximate surface area is 190 Å². The van der Waals surface area contributed by atoms with Crippen LogP contribution in [0.15, 0.2) is 18.5 Å². The lowest BCUT2D eigenvalue weighted by Crippen LogP contribution is -2.47. The number of halogens is 2. The number of nitrogens with zero attached hydrogens (tertiary/aromatic N) is 4. The molecule has 2 aromatic heterocycles. The first-order chi connectivity index (χ1) is 15.6. The Bertz CT molecular complexity index is 1000. The maximum absolute atomic E-state index is 14.5. The van der Waals surface area contributed by atoms with Crippen LogP contribution in [0.5, 0.6) is 0 Å². The van der Waals surface area contributed by atoms with Crippen molar-refractivity contribution in [3.63, 3.8) is 0 Å². The fourth-order valence-electron chi connectivity index (χ4n) is 4.65. The van der Waals surface area contributed by atoms with Crippen LogP contribution in [0.2, 0.25) is 5.02 Å². The van der Waals surface area contributed by atoms with Gasteiger partial charge < -0.3 is 21.0 Å². The summed E-state index contributed by atoms with van der Waals surface area (Å²) in [4.78, 5) is 27.2. The van der Waals surface area contributed by atoms with E-state index in [4.69, 9.17) is 11.6 Å². The Balaban J connectivity index is 1.26. The topological polar surface area (TPSA) is 107 Å². The molecule has 3 atom stereocenters. The SMILES string of the molecule is O=C(NC1CCCC(Nc2nc(C3NNc4ncc(Cl)cc43)ncc2F)C1)N1CCCC1. The van der Waals surface area contributed by atoms with E-state index in [1.165, 1.54) is 6.20 Å². The predicted molar refractivity (Wildman–Crippen MR) is 119 cm³/mol. The molecule has 3 aliphatic rings. The molecular weight excluding hydrogens is 435 g/mol. The number of urea groups is 1. The van der Waals surface area contributed by atoms with Crippen LogP contribution >= 0.6 is 11.6 Å². The van der Waals surface area contributed by atoms with Crippen LogP contribution in [-0.4, -0.2) is 51.1 Å². The van der Waals surface area contributed by atoms with Gasteiger partial charge in [-0.05, 0) is 44.6 Å². The number of hydrogen-bond acceptors (Lipinski definition) is 7. The van der Waals surface area contributed by atoms with Crippen LogP contribution < -0.4 is 21.5 Å². The van der Waals surface area contributed by atoms with E-state index < -0.39 is 11.9 Å². The summed E-state index contributed by atoms with van der Waals surface area (Å²) in [5.74, 6) is 0.716. The predicted octanol–water partition coefficient (Wildman–Crippen LogP) is 3.21. The summed E-state index contributed by atoms with van der Waals surface area (Å²) in [7, 11) is 0. The van der Waals surface area contributed by atoms with Gasteiger partial charge in [-0.3, -0.25) is 0 Å². The minimum atomic E-state index is -0.507. The van der Waals surface area contributed by atoms with Gasteiger partial charge in [0.1, 0.15) is 11.9 Å². The zero-order chi connectivity index (χ0) is 22.1. The standard InChI is InChI=1S/C21H26ClFN8O/c22-12-8-15-17(29-30-18(15)24-10-12)20-25-11-16(23)19(28-20)26-13-4-3-5-14(9-13)27-21(32)31-6-1-2-7-31/h8,10-11,13-14,17,29H,1-7,9H2,(H,24,30)(H,27,32)(H,25,26,28). The van der Waals surface area contributed by atoms with Gasteiger partial charge in [0.05, 0.1) is 11.2 Å². The first-order valence-corrected chi connectivity index (χ1v) is 11.5. The summed E-state index contributed by atoms with van der Waals surface area (Å²) in [6.45, 7) is 1.64. The molecule has 3 unspecified atom stereocenters. The number of anilines is 2. The molecule has 2 fully saturated rings. The van der Waals surface area contributed by atoms with Crippen LogP contribution in [0.4, 0.5) is 20.8 Å². The quantitative estimate of drug-likeness (QED) is 0.555. The van der Waals surface area contributed by atoms with Crippen molar-refractivity contribution >= 4 is 29.3 Å². The van der Waals surface area contributed by atoms with Crippen molar-refractivity contribution in [2.75, 3.05) is 23.8 Å². The Hall–Kier alpha value is -2.72. The molecule has 1 saturated heterocycles. The molecule has 4 heterocycles. The van der Waals surface area contributed by atoms with E-state index in [1.807, 2.05) is 4.90 Å². The molecule has 32 heavy (non-hydrogen) atoms. The number of hydrazine groups is 1. The summed E-state index contributed by atoms with van der Waals surface area (Å²) in [5.41, 5.74) is 6.86. The Morgan fingerprint density at radius 3 is 2.81 bits per heavy atom. The summed E-state index contributed by atoms with van der Waals surface area (Å²) in [5, 5.41) is 6.89. The van der Waals surface area contributed by atoms with E-state index in [0.717, 1.165) is 57.2 Å². The van der Waals surface area contributed by atoms with Gasteiger partial charge in [-0.2, -0.15) is 0 Å². The second-order valence-corrected chi connectivity index (χ2v) is 9.00. The number of rotatable bonds is 4. The first-order valence-electron chi connectivity index (χ1n) is 11.1. The number of nitrogens with one attached hydrogen (secondary N) is 4. The summed E-state index contributed by atoms with van der Waals surface area (Å²) in [6, 6.07) is 1.49. The van der Waals surface area contributed by atoms with E-state index >= 15 is 0 Å². The molecule has 2 aromatic rings. The van der Waals surface area contributed by atoms with Gasteiger partial charge in [0.25, 0.3) is 0 Å². The average Bonchev–Trinajstić information content (AvgIpc) is 3.46. The molecule has 0 radical (unpaired) electrons. The third-order valence-electron chi connectivity index (χ3n) is 6.29. The van der Waals surface area contributed by atoms with E-state index in [2.05, 4.69) is 36.4 Å². The lowest BCUT2D eigenvalue weighted by Gasteiger charge is -2.32. The van der Waals surface area contributed by atoms with Gasteiger partial charge in [-0.1, -0.05) is 11.6 Å². The molecule has 170 valence electrons. The van der Waals surface area contributed by atoms with Gasteiger partial charge in [0.2, 0.25) is 0 Å². The number of carbonyl (C=O) groups excluding carboxylic acids is 1. The van der Waals surface area contributed by atoms with E-state index in [-0.39, 0.29) is 23.9 Å². The van der Waals surface area contributed by atoms with Crippen LogP contribution in [0.1, 0.15) is 56.0 Å². The monoisotopic (exact) mass is 460 g/mol. The van der Waals surface area contributed by atoms with Crippen molar-refractivity contribution in [2.45, 2.75) is 56.7 Å². The van der Waals surface area contributed by atoms with Gasteiger partial charge in [-0.25, -0.2) is 29.6 Å². The highest BCUT2D eigenvalue weighted by Gasteiger charge is 2.30. The second kappa shape index (κ2) is 9.03. The highest BCUT2D eigenvalue weighted by Crippen LogP contribution is 2.32. The fourth-order valence-corrected chi connectivity index (χ4v) is 4.82. The number of fused-ring (bicyclic) bond motifs is 1. The van der Waals surface area contributed by atoms with Crippen molar-refractivity contribution in [1.82, 2.24) is 30.6 Å². The van der Waals surface area contributed by atoms with Gasteiger partial charge >= 0.3 is 6.03 Å². The smallest absolute Gasteiger partial charge is 0.317 e. The number of pyridine rings is 1. The third kappa shape index (κ3) is 4.42. The van der Waals surface area contributed by atoms with Crippen molar-refractivity contribution in [1.29, 1.82) is 0 Å². The van der Waals surface area contributed by atoms with E-state index in [1.54, 1.807) is 12.3 Å². The molecule has 1 aliphatic carbocycles. The van der Waals surface area contributed by atoms with Gasteiger partial charge in [0.15, 0.2) is 17.5 Å². The van der Waals surface area contributed by atoms with Gasteiger partial charge in [0, 0.05) is 36.9 Å². The summed E-state index contributed by atoms with van der Waals surface area (Å²) >= 11 is 6.09. The minimum Gasteiger partial charge on any atom is -0.365 e.